The van der Waals surface area contributed by atoms with Gasteiger partial charge in [-0.25, -0.2) is 0 Å². The predicted octanol–water partition coefficient (Wildman–Crippen LogP) is 0.725. The molecule has 2 fully saturated rings. The molecule has 0 radical (unpaired) electrons. The number of hydrogen-bond donors (Lipinski definition) is 11. The zero-order chi connectivity index (χ0) is 53.7. The maximum Gasteiger partial charge on any atom is 0.246 e. The van der Waals surface area contributed by atoms with Gasteiger partial charge in [-0.1, -0.05) is 74.0 Å². The van der Waals surface area contributed by atoms with Crippen molar-refractivity contribution in [3.8, 4) is 0 Å². The summed E-state index contributed by atoms with van der Waals surface area (Å²) in [6.07, 6.45) is 0.798. The Kier molecular flexibility index (Phi) is 23.0. The van der Waals surface area contributed by atoms with Crippen molar-refractivity contribution in [2.24, 2.45) is 17.4 Å². The van der Waals surface area contributed by atoms with E-state index in [9.17, 15) is 43.2 Å². The molecule has 2 aliphatic rings. The second kappa shape index (κ2) is 29.2. The lowest BCUT2D eigenvalue weighted by atomic mass is 10.0. The smallest absolute Gasteiger partial charge is 0.246 e. The van der Waals surface area contributed by atoms with Gasteiger partial charge in [0.05, 0.1) is 6.42 Å². The lowest BCUT2D eigenvalue weighted by molar-refractivity contribution is -0.142. The van der Waals surface area contributed by atoms with Crippen LogP contribution in [0, 0.1) is 11.3 Å². The van der Waals surface area contributed by atoms with E-state index in [1.807, 2.05) is 35.7 Å². The Morgan fingerprint density at radius 2 is 1.49 bits per heavy atom. The third-order valence-electron chi connectivity index (χ3n) is 12.3. The van der Waals surface area contributed by atoms with Crippen LogP contribution in [0.25, 0.3) is 0 Å². The molecule has 0 saturated carbocycles. The topological polar surface area (TPSA) is 329 Å². The number of nitrogens with one attached hydrogen (secondary N) is 9. The normalized spacial score (nSPS) is 21.9. The van der Waals surface area contributed by atoms with Crippen LogP contribution in [0.3, 0.4) is 0 Å². The molecule has 74 heavy (non-hydrogen) atoms. The standard InChI is InChI=1S/C50H67ClN12O9S2/c1-29(2)42-48(71)60-37(26-40(52)64)45(68)61-38(49(72)63-21-7-14-39(63)47(70)58-34(13-6-20-55-50(53)54)43(66)56-27-31-10-4-3-5-11-31)28-73-22-9-15-41(65)57-35(24-30-16-18-32(51)19-17-30)44(67)59-36(46(69)62-42)25-33-12-8-23-74-33/h3-5,8,10-12,16-19,23,29,34-39,42H,6-7,9,13-15,20-22,24-28H2,1-2H3,(H2,52,64)(H,56,66)(H,57,65)(H,58,70)(H,59,67)(H,60,71)(H,61,68)(H,62,69)(H4,53,54,55)/t34-,35+,36+,37+,38+,39+,42+/m1/s1. The number of guanidine groups is 1. The van der Waals surface area contributed by atoms with Crippen LogP contribution < -0.4 is 54.0 Å². The van der Waals surface area contributed by atoms with Gasteiger partial charge in [-0.3, -0.25) is 48.6 Å². The number of carbonyl (C=O) groups is 9. The minimum atomic E-state index is -1.62. The maximum absolute atomic E-state index is 14.7. The van der Waals surface area contributed by atoms with Gasteiger partial charge in [0.25, 0.3) is 0 Å². The van der Waals surface area contributed by atoms with Crippen molar-refractivity contribution in [2.45, 2.75) is 120 Å². The highest BCUT2D eigenvalue weighted by Crippen LogP contribution is 2.22. The van der Waals surface area contributed by atoms with Gasteiger partial charge in [0, 0.05) is 54.5 Å². The van der Waals surface area contributed by atoms with E-state index in [1.165, 1.54) is 28.0 Å². The second-order valence-corrected chi connectivity index (χ2v) is 21.1. The number of amides is 9. The van der Waals surface area contributed by atoms with Crippen LogP contribution in [-0.4, -0.2) is 131 Å². The molecule has 5 rings (SSSR count). The largest absolute Gasteiger partial charge is 0.370 e. The molecule has 7 atom stereocenters. The summed E-state index contributed by atoms with van der Waals surface area (Å²) >= 11 is 8.72. The fraction of sp³-hybridized carbons (Fsp3) is 0.480. The zero-order valence-corrected chi connectivity index (χ0v) is 43.8. The summed E-state index contributed by atoms with van der Waals surface area (Å²) in [5.41, 5.74) is 12.6. The summed E-state index contributed by atoms with van der Waals surface area (Å²) in [4.78, 5) is 127. The molecule has 400 valence electrons. The highest BCUT2D eigenvalue weighted by molar-refractivity contribution is 7.99. The molecule has 13 N–H and O–H groups in total. The van der Waals surface area contributed by atoms with Gasteiger partial charge < -0.3 is 58.9 Å². The molecule has 2 aliphatic heterocycles. The Balaban J connectivity index is 1.40. The Hall–Kier alpha value is -6.72. The van der Waals surface area contributed by atoms with Crippen molar-refractivity contribution >= 4 is 93.8 Å². The first-order chi connectivity index (χ1) is 35.4. The van der Waals surface area contributed by atoms with E-state index >= 15 is 0 Å². The summed E-state index contributed by atoms with van der Waals surface area (Å²) in [7, 11) is 0. The average molecular weight is 1080 g/mol. The predicted molar refractivity (Wildman–Crippen MR) is 282 cm³/mol. The maximum atomic E-state index is 14.7. The lowest BCUT2D eigenvalue weighted by Gasteiger charge is -2.31. The summed E-state index contributed by atoms with van der Waals surface area (Å²) in [5.74, 6) is -6.95. The van der Waals surface area contributed by atoms with Crippen molar-refractivity contribution in [2.75, 3.05) is 24.6 Å². The molecule has 21 nitrogen and oxygen atoms in total. The van der Waals surface area contributed by atoms with Gasteiger partial charge in [0.1, 0.15) is 42.3 Å². The van der Waals surface area contributed by atoms with Gasteiger partial charge in [-0.2, -0.15) is 11.8 Å². The van der Waals surface area contributed by atoms with Crippen molar-refractivity contribution in [1.29, 1.82) is 5.41 Å². The number of hydrogen-bond acceptors (Lipinski definition) is 12. The van der Waals surface area contributed by atoms with E-state index in [2.05, 4.69) is 42.5 Å². The fourth-order valence-corrected chi connectivity index (χ4v) is 10.2. The van der Waals surface area contributed by atoms with E-state index in [-0.39, 0.29) is 69.9 Å². The fourth-order valence-electron chi connectivity index (χ4n) is 8.36. The van der Waals surface area contributed by atoms with E-state index in [4.69, 9.17) is 28.5 Å². The summed E-state index contributed by atoms with van der Waals surface area (Å²) in [6.45, 7) is 3.87. The average Bonchev–Trinajstić information content (AvgIpc) is 4.08. The van der Waals surface area contributed by atoms with Crippen molar-refractivity contribution in [3.05, 3.63) is 93.1 Å². The number of nitrogens with zero attached hydrogens (tertiary/aromatic N) is 1. The first-order valence-corrected chi connectivity index (χ1v) is 26.9. The number of benzene rings is 2. The number of halogens is 1. The number of thioether (sulfide) groups is 1. The summed E-state index contributed by atoms with van der Waals surface area (Å²) in [6, 6.07) is 10.8. The number of rotatable bonds is 17. The minimum absolute atomic E-state index is 0.0345. The number of carbonyl (C=O) groups excluding carboxylic acids is 9. The molecule has 2 aromatic carbocycles. The van der Waals surface area contributed by atoms with Gasteiger partial charge in [-0.05, 0) is 78.5 Å². The quantitative estimate of drug-likeness (QED) is 0.0507. The molecule has 0 spiro atoms. The highest BCUT2D eigenvalue weighted by Gasteiger charge is 2.40. The molecule has 24 heteroatoms. The number of primary amides is 1. The van der Waals surface area contributed by atoms with E-state index in [0.717, 1.165) is 10.4 Å². The van der Waals surface area contributed by atoms with E-state index in [0.29, 0.717) is 29.2 Å². The van der Waals surface area contributed by atoms with Crippen LogP contribution in [0.5, 0.6) is 0 Å². The third kappa shape index (κ3) is 18.6. The van der Waals surface area contributed by atoms with Crippen LogP contribution in [0.15, 0.2) is 72.1 Å². The van der Waals surface area contributed by atoms with E-state index in [1.54, 1.807) is 50.2 Å². The molecule has 0 bridgehead atoms. The van der Waals surface area contributed by atoms with Crippen LogP contribution in [-0.2, 0) is 62.5 Å². The Bertz CT molecular complexity index is 2430. The molecular weight excluding hydrogens is 1010 g/mol. The van der Waals surface area contributed by atoms with E-state index < -0.39 is 108 Å². The summed E-state index contributed by atoms with van der Waals surface area (Å²) in [5, 5.41) is 31.7. The van der Waals surface area contributed by atoms with Gasteiger partial charge >= 0.3 is 0 Å². The van der Waals surface area contributed by atoms with Gasteiger partial charge in [0.2, 0.25) is 53.2 Å². The first kappa shape index (κ1) is 58.2. The van der Waals surface area contributed by atoms with Crippen molar-refractivity contribution in [3.63, 3.8) is 0 Å². The molecule has 1 aromatic heterocycles. The Morgan fingerprint density at radius 3 is 2.16 bits per heavy atom. The second-order valence-electron chi connectivity index (χ2n) is 18.4. The molecule has 3 heterocycles. The Labute approximate surface area is 443 Å². The first-order valence-electron chi connectivity index (χ1n) is 24.5. The van der Waals surface area contributed by atoms with Crippen LogP contribution >= 0.6 is 34.7 Å². The van der Waals surface area contributed by atoms with Crippen molar-refractivity contribution < 1.29 is 43.2 Å². The molecule has 3 aromatic rings. The molecule has 0 unspecified atom stereocenters. The number of thiophene rings is 1. The SMILES string of the molecule is CC(C)[C@@H]1NC(=O)[C@H](Cc2cccs2)NC(=O)[C@H](Cc2ccc(Cl)cc2)NC(=O)CCCSC[C@@H](C(=O)N2CCC[C@H]2C(=O)N[C@H](CCCNC(=N)N)C(=O)NCc2ccccc2)NC(=O)[C@H](CC(N)=O)NC1=O. The van der Waals surface area contributed by atoms with Crippen molar-refractivity contribution in [1.82, 2.24) is 47.4 Å². The minimum Gasteiger partial charge on any atom is -0.370 e. The lowest BCUT2D eigenvalue weighted by Crippen LogP contribution is -2.61. The van der Waals surface area contributed by atoms with Crippen LogP contribution in [0.2, 0.25) is 5.02 Å². The zero-order valence-electron chi connectivity index (χ0n) is 41.4. The number of likely N-dealkylation sites (tertiary alicyclic amines) is 1. The number of nitrogens with two attached hydrogens (primary N) is 2. The van der Waals surface area contributed by atoms with Gasteiger partial charge in [0.15, 0.2) is 5.96 Å². The summed E-state index contributed by atoms with van der Waals surface area (Å²) < 4.78 is 0. The third-order valence-corrected chi connectivity index (χ3v) is 14.6. The van der Waals surface area contributed by atoms with Crippen LogP contribution in [0.4, 0.5) is 0 Å². The van der Waals surface area contributed by atoms with Gasteiger partial charge in [-0.15, -0.1) is 11.3 Å². The molecular formula is C50H67ClN12O9S2. The highest BCUT2D eigenvalue weighted by atomic mass is 35.5. The Morgan fingerprint density at radius 1 is 0.797 bits per heavy atom. The molecule has 9 amide bonds. The molecule has 0 aliphatic carbocycles. The van der Waals surface area contributed by atoms with Crippen LogP contribution in [0.1, 0.15) is 74.8 Å². The molecule has 2 saturated heterocycles. The monoisotopic (exact) mass is 1080 g/mol.